The first-order valence-corrected chi connectivity index (χ1v) is 7.90. The summed E-state index contributed by atoms with van der Waals surface area (Å²) in [4.78, 5) is 8.73. The molecule has 0 fully saturated rings. The molecule has 0 unspecified atom stereocenters. The second-order valence-corrected chi connectivity index (χ2v) is 5.60. The Bertz CT molecular complexity index is 797. The predicted octanol–water partition coefficient (Wildman–Crippen LogP) is 3.21. The van der Waals surface area contributed by atoms with Crippen molar-refractivity contribution in [3.05, 3.63) is 42.9 Å². The Morgan fingerprint density at radius 1 is 1.08 bits per heavy atom. The first-order chi connectivity index (χ1) is 11.7. The van der Waals surface area contributed by atoms with Crippen molar-refractivity contribution in [2.24, 2.45) is 0 Å². The second kappa shape index (κ2) is 7.31. The van der Waals surface area contributed by atoms with Gasteiger partial charge in [-0.1, -0.05) is 0 Å². The van der Waals surface area contributed by atoms with E-state index in [4.69, 9.17) is 14.2 Å². The monoisotopic (exact) mass is 327 g/mol. The molecule has 0 aliphatic carbocycles. The fourth-order valence-corrected chi connectivity index (χ4v) is 2.38. The highest BCUT2D eigenvalue weighted by Gasteiger charge is 2.12. The zero-order valence-corrected chi connectivity index (χ0v) is 14.1. The number of fused-ring (bicyclic) bond motifs is 1. The van der Waals surface area contributed by atoms with Gasteiger partial charge in [-0.25, -0.2) is 9.97 Å². The van der Waals surface area contributed by atoms with Gasteiger partial charge in [0.1, 0.15) is 12.4 Å². The molecule has 6 nitrogen and oxygen atoms in total. The lowest BCUT2D eigenvalue weighted by molar-refractivity contribution is 0.146. The third kappa shape index (κ3) is 3.49. The number of hydrogen-bond donors (Lipinski definition) is 0. The van der Waals surface area contributed by atoms with Crippen LogP contribution in [0.2, 0.25) is 0 Å². The molecular weight excluding hydrogens is 306 g/mol. The quantitative estimate of drug-likeness (QED) is 0.624. The summed E-state index contributed by atoms with van der Waals surface area (Å²) in [5, 5.41) is 0. The van der Waals surface area contributed by atoms with E-state index in [2.05, 4.69) is 9.97 Å². The molecule has 6 heteroatoms. The van der Waals surface area contributed by atoms with Gasteiger partial charge in [0.2, 0.25) is 5.65 Å². The normalized spacial score (nSPS) is 11.2. The number of ether oxygens (including phenoxy) is 3. The van der Waals surface area contributed by atoms with Crippen molar-refractivity contribution < 1.29 is 14.2 Å². The van der Waals surface area contributed by atoms with Crippen molar-refractivity contribution in [3.63, 3.8) is 0 Å². The molecule has 0 amide bonds. The van der Waals surface area contributed by atoms with Crippen LogP contribution in [0.5, 0.6) is 11.6 Å². The molecule has 0 saturated carbocycles. The number of imidazole rings is 1. The third-order valence-corrected chi connectivity index (χ3v) is 3.45. The van der Waals surface area contributed by atoms with Gasteiger partial charge in [-0.05, 0) is 38.1 Å². The molecule has 0 radical (unpaired) electrons. The predicted molar refractivity (Wildman–Crippen MR) is 91.6 cm³/mol. The highest BCUT2D eigenvalue weighted by Crippen LogP contribution is 2.26. The number of nitrogens with zero attached hydrogens (tertiary/aromatic N) is 3. The molecule has 0 N–H and O–H groups in total. The van der Waals surface area contributed by atoms with Crippen LogP contribution in [0.3, 0.4) is 0 Å². The molecular formula is C18H21N3O3. The smallest absolute Gasteiger partial charge is 0.258 e. The van der Waals surface area contributed by atoms with Crippen molar-refractivity contribution in [3.8, 4) is 22.9 Å². The lowest BCUT2D eigenvalue weighted by atomic mass is 10.1. The van der Waals surface area contributed by atoms with E-state index in [1.165, 1.54) is 0 Å². The SMILES string of the molecule is COCCOc1ccc(-c2cnc3c(OC(C)C)nccn23)cc1. The molecule has 24 heavy (non-hydrogen) atoms. The molecule has 0 spiro atoms. The van der Waals surface area contributed by atoms with Crippen molar-refractivity contribution in [1.29, 1.82) is 0 Å². The molecule has 0 saturated heterocycles. The van der Waals surface area contributed by atoms with Gasteiger partial charge < -0.3 is 14.2 Å². The minimum absolute atomic E-state index is 0.0485. The summed E-state index contributed by atoms with van der Waals surface area (Å²) in [5.41, 5.74) is 2.73. The Balaban J connectivity index is 1.87. The fraction of sp³-hybridized carbons (Fsp3) is 0.333. The van der Waals surface area contributed by atoms with E-state index in [9.17, 15) is 0 Å². The van der Waals surface area contributed by atoms with Crippen molar-refractivity contribution in [1.82, 2.24) is 14.4 Å². The first kappa shape index (κ1) is 16.3. The molecule has 1 aromatic carbocycles. The van der Waals surface area contributed by atoms with Crippen molar-refractivity contribution >= 4 is 5.65 Å². The number of hydrogen-bond acceptors (Lipinski definition) is 5. The van der Waals surface area contributed by atoms with Gasteiger partial charge in [0.25, 0.3) is 5.88 Å². The molecule has 0 atom stereocenters. The van der Waals surface area contributed by atoms with Crippen LogP contribution < -0.4 is 9.47 Å². The summed E-state index contributed by atoms with van der Waals surface area (Å²) < 4.78 is 18.3. The van der Waals surface area contributed by atoms with Crippen molar-refractivity contribution in [2.45, 2.75) is 20.0 Å². The van der Waals surface area contributed by atoms with E-state index in [1.54, 1.807) is 13.3 Å². The summed E-state index contributed by atoms with van der Waals surface area (Å²) >= 11 is 0. The Morgan fingerprint density at radius 2 is 1.88 bits per heavy atom. The summed E-state index contributed by atoms with van der Waals surface area (Å²) in [6.07, 6.45) is 5.48. The van der Waals surface area contributed by atoms with Gasteiger partial charge in [0, 0.05) is 25.1 Å². The van der Waals surface area contributed by atoms with Crippen LogP contribution in [0.1, 0.15) is 13.8 Å². The Kier molecular flexibility index (Phi) is 4.96. The maximum Gasteiger partial charge on any atom is 0.258 e. The lowest BCUT2D eigenvalue weighted by Gasteiger charge is -2.10. The molecule has 2 aromatic heterocycles. The minimum Gasteiger partial charge on any atom is -0.491 e. The van der Waals surface area contributed by atoms with Crippen LogP contribution >= 0.6 is 0 Å². The molecule has 0 aliphatic heterocycles. The molecule has 3 rings (SSSR count). The second-order valence-electron chi connectivity index (χ2n) is 5.60. The van der Waals surface area contributed by atoms with E-state index in [0.717, 1.165) is 17.0 Å². The summed E-state index contributed by atoms with van der Waals surface area (Å²) in [5.74, 6) is 1.35. The van der Waals surface area contributed by atoms with Gasteiger partial charge in [0.05, 0.1) is 24.6 Å². The van der Waals surface area contributed by atoms with E-state index < -0.39 is 0 Å². The molecule has 2 heterocycles. The third-order valence-electron chi connectivity index (χ3n) is 3.45. The van der Waals surface area contributed by atoms with Crippen LogP contribution in [0.4, 0.5) is 0 Å². The largest absolute Gasteiger partial charge is 0.491 e. The molecule has 3 aromatic rings. The topological polar surface area (TPSA) is 57.9 Å². The Morgan fingerprint density at radius 3 is 2.58 bits per heavy atom. The number of rotatable bonds is 7. The first-order valence-electron chi connectivity index (χ1n) is 7.90. The van der Waals surface area contributed by atoms with Gasteiger partial charge in [-0.2, -0.15) is 0 Å². The maximum absolute atomic E-state index is 5.72. The summed E-state index contributed by atoms with van der Waals surface area (Å²) in [7, 11) is 1.66. The maximum atomic E-state index is 5.72. The van der Waals surface area contributed by atoms with E-state index >= 15 is 0 Å². The minimum atomic E-state index is 0.0485. The van der Waals surface area contributed by atoms with Crippen molar-refractivity contribution in [2.75, 3.05) is 20.3 Å². The zero-order chi connectivity index (χ0) is 16.9. The van der Waals surface area contributed by atoms with Gasteiger partial charge in [-0.15, -0.1) is 0 Å². The Hall–Kier alpha value is -2.60. The van der Waals surface area contributed by atoms with E-state index in [-0.39, 0.29) is 6.10 Å². The Labute approximate surface area is 141 Å². The van der Waals surface area contributed by atoms with Crippen LogP contribution in [-0.2, 0) is 4.74 Å². The lowest BCUT2D eigenvalue weighted by Crippen LogP contribution is -2.08. The molecule has 0 aliphatic rings. The van der Waals surface area contributed by atoms with E-state index in [1.807, 2.05) is 54.9 Å². The highest BCUT2D eigenvalue weighted by atomic mass is 16.5. The average molecular weight is 327 g/mol. The number of benzene rings is 1. The highest BCUT2D eigenvalue weighted by molar-refractivity contribution is 5.66. The number of aromatic nitrogens is 3. The molecule has 0 bridgehead atoms. The fourth-order valence-electron chi connectivity index (χ4n) is 2.38. The zero-order valence-electron chi connectivity index (χ0n) is 14.1. The van der Waals surface area contributed by atoms with Crippen LogP contribution in [0, 0.1) is 0 Å². The van der Waals surface area contributed by atoms with Crippen LogP contribution in [0.15, 0.2) is 42.9 Å². The van der Waals surface area contributed by atoms with Crippen LogP contribution in [-0.4, -0.2) is 40.8 Å². The van der Waals surface area contributed by atoms with Crippen LogP contribution in [0.25, 0.3) is 16.9 Å². The summed E-state index contributed by atoms with van der Waals surface area (Å²) in [6.45, 7) is 5.04. The molecule has 126 valence electrons. The average Bonchev–Trinajstić information content (AvgIpc) is 3.00. The van der Waals surface area contributed by atoms with Gasteiger partial charge in [0.15, 0.2) is 0 Å². The number of methoxy groups -OCH3 is 1. The van der Waals surface area contributed by atoms with Gasteiger partial charge >= 0.3 is 0 Å². The summed E-state index contributed by atoms with van der Waals surface area (Å²) in [6, 6.07) is 7.90. The van der Waals surface area contributed by atoms with Gasteiger partial charge in [-0.3, -0.25) is 4.40 Å². The standard InChI is InChI=1S/C18H21N3O3/c1-13(2)24-18-17-20-12-16(21(17)9-8-19-18)14-4-6-15(7-5-14)23-11-10-22-3/h4-9,12-13H,10-11H2,1-3H3. The van der Waals surface area contributed by atoms with E-state index in [0.29, 0.717) is 24.7 Å².